The molecule has 2 amide bonds. The van der Waals surface area contributed by atoms with Crippen LogP contribution in [0.1, 0.15) is 44.9 Å². The summed E-state index contributed by atoms with van der Waals surface area (Å²) in [5.41, 5.74) is 1.07. The average molecular weight is 454 g/mol. The van der Waals surface area contributed by atoms with Crippen LogP contribution in [0.2, 0.25) is 0 Å². The van der Waals surface area contributed by atoms with Crippen LogP contribution >= 0.6 is 0 Å². The number of hydrogen-bond donors (Lipinski definition) is 1. The van der Waals surface area contributed by atoms with Crippen LogP contribution < -0.4 is 10.2 Å². The largest absolute Gasteiger partial charge is 0.326 e. The van der Waals surface area contributed by atoms with Crippen LogP contribution in [0.5, 0.6) is 0 Å². The summed E-state index contributed by atoms with van der Waals surface area (Å²) in [5, 5.41) is 11.2. The predicted octanol–water partition coefficient (Wildman–Crippen LogP) is 4.07. The molecule has 1 N–H and O–H groups in total. The van der Waals surface area contributed by atoms with Crippen molar-refractivity contribution in [3.63, 3.8) is 0 Å². The van der Waals surface area contributed by atoms with Crippen molar-refractivity contribution in [2.75, 3.05) is 16.8 Å². The van der Waals surface area contributed by atoms with Crippen molar-refractivity contribution in [3.05, 3.63) is 54.6 Å². The molecular formula is C24H27N3O4S. The predicted molar refractivity (Wildman–Crippen MR) is 123 cm³/mol. The second-order valence-electron chi connectivity index (χ2n) is 7.82. The van der Waals surface area contributed by atoms with Crippen LogP contribution in [0.15, 0.2) is 59.5 Å². The Bertz CT molecular complexity index is 1090. The molecule has 0 atom stereocenters. The number of nitrogens with zero attached hydrogens (tertiary/aromatic N) is 2. The number of benzene rings is 2. The maximum Gasteiger partial charge on any atom is 0.227 e. The quantitative estimate of drug-likeness (QED) is 0.616. The molecule has 0 bridgehead atoms. The van der Waals surface area contributed by atoms with Gasteiger partial charge in [-0.15, -0.1) is 0 Å². The minimum atomic E-state index is -3.41. The lowest BCUT2D eigenvalue weighted by molar-refractivity contribution is -0.122. The second-order valence-corrected chi connectivity index (χ2v) is 10.0. The van der Waals surface area contributed by atoms with Gasteiger partial charge in [0.1, 0.15) is 0 Å². The Morgan fingerprint density at radius 3 is 2.44 bits per heavy atom. The molecule has 0 unspecified atom stereocenters. The summed E-state index contributed by atoms with van der Waals surface area (Å²) >= 11 is 0. The monoisotopic (exact) mass is 453 g/mol. The number of para-hydroxylation sites is 1. The van der Waals surface area contributed by atoms with Gasteiger partial charge in [0.2, 0.25) is 11.8 Å². The number of hydrogen-bond acceptors (Lipinski definition) is 5. The van der Waals surface area contributed by atoms with Gasteiger partial charge in [0.15, 0.2) is 9.84 Å². The number of carbonyl (C=O) groups is 2. The molecule has 0 aromatic heterocycles. The molecule has 0 aliphatic heterocycles. The Labute approximate surface area is 189 Å². The summed E-state index contributed by atoms with van der Waals surface area (Å²) in [7, 11) is -3.41. The van der Waals surface area contributed by atoms with Gasteiger partial charge in [0, 0.05) is 30.8 Å². The molecule has 168 valence electrons. The third-order valence-corrected chi connectivity index (χ3v) is 7.83. The third-order valence-electron chi connectivity index (χ3n) is 5.57. The van der Waals surface area contributed by atoms with Gasteiger partial charge in [-0.25, -0.2) is 8.42 Å². The van der Waals surface area contributed by atoms with Gasteiger partial charge in [0.05, 0.1) is 22.6 Å². The third kappa shape index (κ3) is 5.95. The lowest BCUT2D eigenvalue weighted by Gasteiger charge is -2.21. The van der Waals surface area contributed by atoms with E-state index >= 15 is 0 Å². The van der Waals surface area contributed by atoms with Crippen LogP contribution in [-0.4, -0.2) is 32.0 Å². The Balaban J connectivity index is 1.60. The highest BCUT2D eigenvalue weighted by molar-refractivity contribution is 7.92. The summed E-state index contributed by atoms with van der Waals surface area (Å²) in [4.78, 5) is 26.8. The molecule has 1 aliphatic rings. The zero-order valence-electron chi connectivity index (χ0n) is 17.9. The molecule has 0 spiro atoms. The van der Waals surface area contributed by atoms with Gasteiger partial charge in [0.25, 0.3) is 0 Å². The highest BCUT2D eigenvalue weighted by Gasteiger charge is 2.30. The minimum absolute atomic E-state index is 0.0216. The summed E-state index contributed by atoms with van der Waals surface area (Å²) in [6.07, 6.45) is 3.30. The second kappa shape index (κ2) is 10.9. The van der Waals surface area contributed by atoms with Crippen LogP contribution in [-0.2, 0) is 19.4 Å². The molecular weight excluding hydrogens is 426 g/mol. The molecule has 3 rings (SSSR count). The first-order chi connectivity index (χ1) is 15.4. The van der Waals surface area contributed by atoms with Crippen molar-refractivity contribution >= 4 is 33.0 Å². The first-order valence-electron chi connectivity index (χ1n) is 10.8. The van der Waals surface area contributed by atoms with E-state index in [1.807, 2.05) is 12.1 Å². The Kier molecular flexibility index (Phi) is 8.01. The number of rotatable bonds is 9. The van der Waals surface area contributed by atoms with E-state index in [1.165, 1.54) is 11.0 Å². The van der Waals surface area contributed by atoms with Gasteiger partial charge >= 0.3 is 0 Å². The van der Waals surface area contributed by atoms with Gasteiger partial charge in [-0.3, -0.25) is 9.59 Å². The van der Waals surface area contributed by atoms with E-state index in [1.54, 1.807) is 42.5 Å². The van der Waals surface area contributed by atoms with Gasteiger partial charge in [-0.1, -0.05) is 37.1 Å². The van der Waals surface area contributed by atoms with Crippen LogP contribution in [0.4, 0.5) is 11.4 Å². The number of sulfone groups is 1. The van der Waals surface area contributed by atoms with Crippen LogP contribution in [0, 0.1) is 11.3 Å². The highest BCUT2D eigenvalue weighted by Crippen LogP contribution is 2.30. The van der Waals surface area contributed by atoms with E-state index in [0.717, 1.165) is 12.8 Å². The molecule has 1 fully saturated rings. The zero-order chi connectivity index (χ0) is 23.0. The molecule has 0 saturated heterocycles. The molecule has 8 heteroatoms. The van der Waals surface area contributed by atoms with Crippen LogP contribution in [0.3, 0.4) is 0 Å². The Hall–Kier alpha value is -3.18. The van der Waals surface area contributed by atoms with E-state index in [4.69, 9.17) is 5.26 Å². The molecule has 1 aliphatic carbocycles. The van der Waals surface area contributed by atoms with Crippen molar-refractivity contribution in [3.8, 4) is 6.07 Å². The summed E-state index contributed by atoms with van der Waals surface area (Å²) in [6, 6.07) is 17.3. The fraction of sp³-hybridized carbons (Fsp3) is 0.375. The number of nitrogens with one attached hydrogen (secondary N) is 1. The number of carbonyl (C=O) groups excluding carboxylic acids is 2. The van der Waals surface area contributed by atoms with E-state index in [0.29, 0.717) is 24.2 Å². The molecule has 1 saturated carbocycles. The average Bonchev–Trinajstić information content (AvgIpc) is 3.35. The normalized spacial score (nSPS) is 14.0. The van der Waals surface area contributed by atoms with Crippen molar-refractivity contribution in [2.45, 2.75) is 55.1 Å². The number of nitriles is 1. The van der Waals surface area contributed by atoms with E-state index < -0.39 is 9.84 Å². The molecule has 32 heavy (non-hydrogen) atoms. The highest BCUT2D eigenvalue weighted by atomic mass is 32.2. The number of anilines is 2. The lowest BCUT2D eigenvalue weighted by Crippen LogP contribution is -2.32. The maximum absolute atomic E-state index is 12.8. The van der Waals surface area contributed by atoms with Gasteiger partial charge < -0.3 is 10.2 Å². The lowest BCUT2D eigenvalue weighted by atomic mass is 10.2. The fourth-order valence-corrected chi connectivity index (χ4v) is 5.79. The van der Waals surface area contributed by atoms with Crippen molar-refractivity contribution in [1.29, 1.82) is 5.26 Å². The van der Waals surface area contributed by atoms with E-state index in [-0.39, 0.29) is 47.8 Å². The smallest absolute Gasteiger partial charge is 0.227 e. The number of amides is 2. The standard InChI is InChI=1S/C24H27N3O4S/c25-16-7-17-27(20-9-2-1-3-10-20)24(29)15-14-23(28)26-19-8-6-13-22(18-19)32(30,31)21-11-4-5-12-21/h1-3,6,8-10,13,18,21H,4-5,7,11-12,14-15,17H2,(H,26,28). The van der Waals surface area contributed by atoms with Gasteiger partial charge in [-0.2, -0.15) is 5.26 Å². The van der Waals surface area contributed by atoms with Crippen molar-refractivity contribution in [1.82, 2.24) is 0 Å². The molecule has 7 nitrogen and oxygen atoms in total. The molecule has 0 radical (unpaired) electrons. The molecule has 0 heterocycles. The van der Waals surface area contributed by atoms with Crippen molar-refractivity contribution in [2.24, 2.45) is 0 Å². The SMILES string of the molecule is N#CCCN(C(=O)CCC(=O)Nc1cccc(S(=O)(=O)C2CCCC2)c1)c1ccccc1. The maximum atomic E-state index is 12.8. The Morgan fingerprint density at radius 1 is 1.03 bits per heavy atom. The van der Waals surface area contributed by atoms with Crippen LogP contribution in [0.25, 0.3) is 0 Å². The zero-order valence-corrected chi connectivity index (χ0v) is 18.7. The van der Waals surface area contributed by atoms with E-state index in [2.05, 4.69) is 5.32 Å². The van der Waals surface area contributed by atoms with E-state index in [9.17, 15) is 18.0 Å². The minimum Gasteiger partial charge on any atom is -0.326 e. The Morgan fingerprint density at radius 2 is 1.75 bits per heavy atom. The first-order valence-corrected chi connectivity index (χ1v) is 12.3. The first kappa shape index (κ1) is 23.5. The summed E-state index contributed by atoms with van der Waals surface area (Å²) in [6.45, 7) is 0.252. The topological polar surface area (TPSA) is 107 Å². The summed E-state index contributed by atoms with van der Waals surface area (Å²) < 4.78 is 25.6. The fourth-order valence-electron chi connectivity index (χ4n) is 3.89. The molecule has 2 aromatic rings. The van der Waals surface area contributed by atoms with Gasteiger partial charge in [-0.05, 0) is 43.2 Å². The molecule has 2 aromatic carbocycles. The van der Waals surface area contributed by atoms with Crippen molar-refractivity contribution < 1.29 is 18.0 Å². The summed E-state index contributed by atoms with van der Waals surface area (Å²) in [5.74, 6) is -0.624.